The number of hydrogen-bond donors (Lipinski definition) is 1. The van der Waals surface area contributed by atoms with Gasteiger partial charge in [-0.25, -0.2) is 0 Å². The van der Waals surface area contributed by atoms with Crippen molar-refractivity contribution in [3.8, 4) is 0 Å². The van der Waals surface area contributed by atoms with Crippen LogP contribution in [0.2, 0.25) is 0 Å². The molecule has 2 N–H and O–H groups in total. The van der Waals surface area contributed by atoms with Crippen LogP contribution in [0.5, 0.6) is 0 Å². The summed E-state index contributed by atoms with van der Waals surface area (Å²) < 4.78 is 5.48. The fourth-order valence-electron chi connectivity index (χ4n) is 1.42. The van der Waals surface area contributed by atoms with E-state index in [1.807, 2.05) is 0 Å². The maximum atomic E-state index is 5.48. The summed E-state index contributed by atoms with van der Waals surface area (Å²) in [5.41, 5.74) is 5.48. The van der Waals surface area contributed by atoms with E-state index in [0.29, 0.717) is 17.6 Å². The summed E-state index contributed by atoms with van der Waals surface area (Å²) in [7, 11) is 0. The van der Waals surface area contributed by atoms with E-state index in [-0.39, 0.29) is 6.10 Å². The summed E-state index contributed by atoms with van der Waals surface area (Å²) in [5.74, 6) is 0. The predicted molar refractivity (Wildman–Crippen MR) is 53.2 cm³/mol. The minimum atomic E-state index is 0.285. The average molecular weight is 188 g/mol. The summed E-state index contributed by atoms with van der Waals surface area (Å²) in [6.07, 6.45) is 0.285. The highest BCUT2D eigenvalue weighted by atomic mass is 32.1. The summed E-state index contributed by atoms with van der Waals surface area (Å²) in [6.45, 7) is 6.65. The smallest absolute Gasteiger partial charge is 0.0870 e. The van der Waals surface area contributed by atoms with Crippen molar-refractivity contribution >= 4 is 17.2 Å². The van der Waals surface area contributed by atoms with E-state index in [4.69, 9.17) is 22.7 Å². The summed E-state index contributed by atoms with van der Waals surface area (Å²) in [6, 6.07) is 0.417. The number of ether oxygens (including phenoxy) is 1. The summed E-state index contributed by atoms with van der Waals surface area (Å²) in [5, 5.41) is 0. The zero-order valence-electron chi connectivity index (χ0n) is 7.62. The number of nitrogens with zero attached hydrogens (tertiary/aromatic N) is 1. The van der Waals surface area contributed by atoms with Gasteiger partial charge in [0.2, 0.25) is 0 Å². The van der Waals surface area contributed by atoms with E-state index >= 15 is 0 Å². The topological polar surface area (TPSA) is 38.5 Å². The molecule has 2 unspecified atom stereocenters. The zero-order valence-corrected chi connectivity index (χ0v) is 8.43. The van der Waals surface area contributed by atoms with Crippen molar-refractivity contribution < 1.29 is 4.74 Å². The molecule has 1 saturated heterocycles. The number of thiocarbonyl (C=S) groups is 1. The van der Waals surface area contributed by atoms with Gasteiger partial charge in [-0.1, -0.05) is 12.2 Å². The standard InChI is InChI=1S/C8H16N2OS/c1-6-7(2)11-4-3-10(6)5-8(9)12/h6-7H,3-5H2,1-2H3,(H2,9,12). The highest BCUT2D eigenvalue weighted by Gasteiger charge is 2.25. The fraction of sp³-hybridized carbons (Fsp3) is 0.875. The first-order valence-electron chi connectivity index (χ1n) is 4.25. The van der Waals surface area contributed by atoms with Crippen LogP contribution >= 0.6 is 12.2 Å². The van der Waals surface area contributed by atoms with Gasteiger partial charge in [-0.2, -0.15) is 0 Å². The van der Waals surface area contributed by atoms with Crippen molar-refractivity contribution in [1.29, 1.82) is 0 Å². The van der Waals surface area contributed by atoms with Crippen molar-refractivity contribution in [2.75, 3.05) is 19.7 Å². The highest BCUT2D eigenvalue weighted by Crippen LogP contribution is 2.12. The molecule has 0 amide bonds. The molecule has 12 heavy (non-hydrogen) atoms. The molecule has 4 heteroatoms. The lowest BCUT2D eigenvalue weighted by Crippen LogP contribution is -2.50. The van der Waals surface area contributed by atoms with Crippen molar-refractivity contribution in [2.45, 2.75) is 26.0 Å². The molecule has 2 atom stereocenters. The molecule has 1 fully saturated rings. The number of rotatable bonds is 2. The lowest BCUT2D eigenvalue weighted by atomic mass is 10.1. The Labute approximate surface area is 78.9 Å². The Morgan fingerprint density at radius 2 is 2.33 bits per heavy atom. The van der Waals surface area contributed by atoms with Crippen LogP contribution in [0.25, 0.3) is 0 Å². The monoisotopic (exact) mass is 188 g/mol. The van der Waals surface area contributed by atoms with E-state index < -0.39 is 0 Å². The van der Waals surface area contributed by atoms with Crippen molar-refractivity contribution in [2.24, 2.45) is 5.73 Å². The van der Waals surface area contributed by atoms with Crippen LogP contribution in [0.15, 0.2) is 0 Å². The fourth-order valence-corrected chi connectivity index (χ4v) is 1.58. The van der Waals surface area contributed by atoms with Gasteiger partial charge in [0, 0.05) is 19.1 Å². The Morgan fingerprint density at radius 1 is 1.67 bits per heavy atom. The van der Waals surface area contributed by atoms with E-state index in [0.717, 1.165) is 13.2 Å². The van der Waals surface area contributed by atoms with E-state index in [2.05, 4.69) is 18.7 Å². The number of nitrogens with two attached hydrogens (primary N) is 1. The van der Waals surface area contributed by atoms with Crippen molar-refractivity contribution in [3.05, 3.63) is 0 Å². The first-order valence-corrected chi connectivity index (χ1v) is 4.66. The van der Waals surface area contributed by atoms with Gasteiger partial charge in [0.05, 0.1) is 17.7 Å². The van der Waals surface area contributed by atoms with Gasteiger partial charge in [-0.15, -0.1) is 0 Å². The summed E-state index contributed by atoms with van der Waals surface area (Å²) in [4.78, 5) is 2.83. The molecule has 1 aliphatic rings. The molecular weight excluding hydrogens is 172 g/mol. The minimum absolute atomic E-state index is 0.285. The molecule has 70 valence electrons. The van der Waals surface area contributed by atoms with Gasteiger partial charge >= 0.3 is 0 Å². The van der Waals surface area contributed by atoms with Crippen molar-refractivity contribution in [3.63, 3.8) is 0 Å². The Bertz CT molecular complexity index is 174. The maximum Gasteiger partial charge on any atom is 0.0870 e. The predicted octanol–water partition coefficient (Wildman–Crippen LogP) is 0.382. The second-order valence-electron chi connectivity index (χ2n) is 3.25. The van der Waals surface area contributed by atoms with E-state index in [9.17, 15) is 0 Å². The molecule has 3 nitrogen and oxygen atoms in total. The normalized spacial score (nSPS) is 31.8. The Kier molecular flexibility index (Phi) is 3.43. The second kappa shape index (κ2) is 4.16. The largest absolute Gasteiger partial charge is 0.392 e. The van der Waals surface area contributed by atoms with Crippen LogP contribution in [-0.4, -0.2) is 41.7 Å². The lowest BCUT2D eigenvalue weighted by molar-refractivity contribution is -0.0490. The first-order chi connectivity index (χ1) is 5.61. The van der Waals surface area contributed by atoms with Crippen LogP contribution in [-0.2, 0) is 4.74 Å². The maximum absolute atomic E-state index is 5.48. The number of morpholine rings is 1. The molecule has 1 aliphatic heterocycles. The van der Waals surface area contributed by atoms with Crippen LogP contribution in [0.3, 0.4) is 0 Å². The van der Waals surface area contributed by atoms with Gasteiger partial charge in [0.15, 0.2) is 0 Å². The highest BCUT2D eigenvalue weighted by molar-refractivity contribution is 7.80. The SMILES string of the molecule is CC1OCCN(CC(N)=S)C1C. The summed E-state index contributed by atoms with van der Waals surface area (Å²) >= 11 is 4.86. The lowest BCUT2D eigenvalue weighted by Gasteiger charge is -2.37. The quantitative estimate of drug-likeness (QED) is 0.636. The van der Waals surface area contributed by atoms with Gasteiger partial charge in [0.1, 0.15) is 0 Å². The Hall–Kier alpha value is -0.190. The third-order valence-electron chi connectivity index (χ3n) is 2.37. The Balaban J connectivity index is 2.46. The molecule has 1 rings (SSSR count). The Morgan fingerprint density at radius 3 is 2.92 bits per heavy atom. The molecule has 0 spiro atoms. The average Bonchev–Trinajstić information content (AvgIpc) is 1.98. The molecule has 0 bridgehead atoms. The van der Waals surface area contributed by atoms with Crippen LogP contribution in [0, 0.1) is 0 Å². The van der Waals surface area contributed by atoms with E-state index in [1.165, 1.54) is 0 Å². The van der Waals surface area contributed by atoms with Gasteiger partial charge in [-0.3, -0.25) is 4.90 Å². The van der Waals surface area contributed by atoms with Gasteiger partial charge in [-0.05, 0) is 13.8 Å². The van der Waals surface area contributed by atoms with Crippen LogP contribution in [0.4, 0.5) is 0 Å². The third-order valence-corrected chi connectivity index (χ3v) is 2.50. The van der Waals surface area contributed by atoms with E-state index in [1.54, 1.807) is 0 Å². The first kappa shape index (κ1) is 9.89. The second-order valence-corrected chi connectivity index (χ2v) is 3.78. The number of hydrogen-bond acceptors (Lipinski definition) is 3. The molecule has 0 aliphatic carbocycles. The molecule has 0 aromatic heterocycles. The van der Waals surface area contributed by atoms with Crippen molar-refractivity contribution in [1.82, 2.24) is 4.90 Å². The third kappa shape index (κ3) is 2.40. The van der Waals surface area contributed by atoms with Crippen LogP contribution < -0.4 is 5.73 Å². The molecule has 0 aromatic carbocycles. The molecule has 0 saturated carbocycles. The van der Waals surface area contributed by atoms with Gasteiger partial charge in [0.25, 0.3) is 0 Å². The molecule has 0 aromatic rings. The molecule has 0 radical (unpaired) electrons. The zero-order chi connectivity index (χ0) is 9.14. The molecule has 1 heterocycles. The van der Waals surface area contributed by atoms with Gasteiger partial charge < -0.3 is 10.5 Å². The molecular formula is C8H16N2OS. The van der Waals surface area contributed by atoms with Crippen LogP contribution in [0.1, 0.15) is 13.8 Å². The minimum Gasteiger partial charge on any atom is -0.392 e.